The van der Waals surface area contributed by atoms with Crippen LogP contribution in [0.3, 0.4) is 0 Å². The number of carboxylic acid groups (broad SMARTS) is 1. The molecule has 1 unspecified atom stereocenters. The Balaban J connectivity index is 2.21. The first-order chi connectivity index (χ1) is 8.06. The van der Waals surface area contributed by atoms with Gasteiger partial charge in [0, 0.05) is 18.7 Å². The molecule has 2 rings (SSSR count). The van der Waals surface area contributed by atoms with Crippen LogP contribution < -0.4 is 10.6 Å². The van der Waals surface area contributed by atoms with Crippen molar-refractivity contribution in [1.29, 1.82) is 0 Å². The van der Waals surface area contributed by atoms with Gasteiger partial charge in [-0.1, -0.05) is 6.07 Å². The SMILES string of the molecule is Cc1ccc(C(=O)O)c(NC2CNC(=O)C2)c1. The first kappa shape index (κ1) is 11.4. The summed E-state index contributed by atoms with van der Waals surface area (Å²) in [5.41, 5.74) is 1.78. The molecule has 0 radical (unpaired) electrons. The number of nitrogens with one attached hydrogen (secondary N) is 2. The highest BCUT2D eigenvalue weighted by molar-refractivity contribution is 5.94. The van der Waals surface area contributed by atoms with Crippen molar-refractivity contribution in [2.75, 3.05) is 11.9 Å². The van der Waals surface area contributed by atoms with Crippen LogP contribution in [0.25, 0.3) is 0 Å². The summed E-state index contributed by atoms with van der Waals surface area (Å²) in [4.78, 5) is 22.1. The third kappa shape index (κ3) is 2.55. The molecule has 0 bridgehead atoms. The number of carboxylic acids is 1. The summed E-state index contributed by atoms with van der Waals surface area (Å²) >= 11 is 0. The second-order valence-electron chi connectivity index (χ2n) is 4.20. The molecule has 1 saturated heterocycles. The van der Waals surface area contributed by atoms with Gasteiger partial charge in [-0.3, -0.25) is 4.79 Å². The summed E-state index contributed by atoms with van der Waals surface area (Å²) in [6.45, 7) is 2.43. The molecule has 3 N–H and O–H groups in total. The van der Waals surface area contributed by atoms with Crippen molar-refractivity contribution in [2.45, 2.75) is 19.4 Å². The van der Waals surface area contributed by atoms with Crippen LogP contribution in [0, 0.1) is 6.92 Å². The normalized spacial score (nSPS) is 18.9. The van der Waals surface area contributed by atoms with Gasteiger partial charge in [-0.15, -0.1) is 0 Å². The van der Waals surface area contributed by atoms with E-state index in [1.54, 1.807) is 18.2 Å². The van der Waals surface area contributed by atoms with Crippen molar-refractivity contribution in [3.8, 4) is 0 Å². The summed E-state index contributed by atoms with van der Waals surface area (Å²) in [6.07, 6.45) is 0.382. The van der Waals surface area contributed by atoms with Crippen molar-refractivity contribution in [2.24, 2.45) is 0 Å². The Kier molecular flexibility index (Phi) is 2.99. The van der Waals surface area contributed by atoms with E-state index in [9.17, 15) is 9.59 Å². The number of carbonyl (C=O) groups excluding carboxylic acids is 1. The molecule has 0 spiro atoms. The van der Waals surface area contributed by atoms with Crippen molar-refractivity contribution in [1.82, 2.24) is 5.32 Å². The minimum absolute atomic E-state index is 0.00738. The maximum Gasteiger partial charge on any atom is 0.337 e. The van der Waals surface area contributed by atoms with Gasteiger partial charge in [-0.05, 0) is 24.6 Å². The Morgan fingerprint density at radius 2 is 2.29 bits per heavy atom. The molecule has 0 saturated carbocycles. The Bertz CT molecular complexity index is 471. The van der Waals surface area contributed by atoms with E-state index in [1.165, 1.54) is 0 Å². The molecule has 1 heterocycles. The molecule has 17 heavy (non-hydrogen) atoms. The maximum atomic E-state index is 11.1. The van der Waals surface area contributed by atoms with Crippen molar-refractivity contribution >= 4 is 17.6 Å². The highest BCUT2D eigenvalue weighted by Crippen LogP contribution is 2.20. The van der Waals surface area contributed by atoms with Crippen LogP contribution in [-0.4, -0.2) is 29.6 Å². The maximum absolute atomic E-state index is 11.1. The Morgan fingerprint density at radius 1 is 1.53 bits per heavy atom. The summed E-state index contributed by atoms with van der Waals surface area (Å²) in [6, 6.07) is 5.07. The molecule has 1 aromatic carbocycles. The zero-order chi connectivity index (χ0) is 12.4. The van der Waals surface area contributed by atoms with Crippen LogP contribution in [0.5, 0.6) is 0 Å². The quantitative estimate of drug-likeness (QED) is 0.729. The predicted octanol–water partition coefficient (Wildman–Crippen LogP) is 0.994. The molecular weight excluding hydrogens is 220 g/mol. The second kappa shape index (κ2) is 4.45. The monoisotopic (exact) mass is 234 g/mol. The number of rotatable bonds is 3. The number of anilines is 1. The van der Waals surface area contributed by atoms with Gasteiger partial charge in [-0.2, -0.15) is 0 Å². The zero-order valence-electron chi connectivity index (χ0n) is 9.49. The number of amides is 1. The molecule has 0 aliphatic carbocycles. The van der Waals surface area contributed by atoms with Crippen LogP contribution >= 0.6 is 0 Å². The van der Waals surface area contributed by atoms with Crippen LogP contribution in [0.15, 0.2) is 18.2 Å². The largest absolute Gasteiger partial charge is 0.478 e. The van der Waals surface area contributed by atoms with E-state index < -0.39 is 5.97 Å². The van der Waals surface area contributed by atoms with Crippen LogP contribution in [0.1, 0.15) is 22.3 Å². The number of carbonyl (C=O) groups is 2. The second-order valence-corrected chi connectivity index (χ2v) is 4.20. The fraction of sp³-hybridized carbons (Fsp3) is 0.333. The Morgan fingerprint density at radius 3 is 2.88 bits per heavy atom. The van der Waals surface area contributed by atoms with Gasteiger partial charge in [0.05, 0.1) is 11.6 Å². The van der Waals surface area contributed by atoms with Gasteiger partial charge in [0.1, 0.15) is 0 Å². The van der Waals surface area contributed by atoms with Gasteiger partial charge in [0.15, 0.2) is 0 Å². The molecular formula is C12H14N2O3. The van der Waals surface area contributed by atoms with Gasteiger partial charge in [0.25, 0.3) is 0 Å². The lowest BCUT2D eigenvalue weighted by Crippen LogP contribution is -2.23. The van der Waals surface area contributed by atoms with Crippen LogP contribution in [0.4, 0.5) is 5.69 Å². The molecule has 90 valence electrons. The first-order valence-electron chi connectivity index (χ1n) is 5.43. The third-order valence-corrected chi connectivity index (χ3v) is 2.74. The minimum atomic E-state index is -0.968. The molecule has 1 amide bonds. The lowest BCUT2D eigenvalue weighted by Gasteiger charge is -2.14. The van der Waals surface area contributed by atoms with Gasteiger partial charge in [-0.25, -0.2) is 4.79 Å². The number of benzene rings is 1. The summed E-state index contributed by atoms with van der Waals surface area (Å²) in [5, 5.41) is 14.9. The van der Waals surface area contributed by atoms with E-state index in [-0.39, 0.29) is 17.5 Å². The Hall–Kier alpha value is -2.04. The highest BCUT2D eigenvalue weighted by atomic mass is 16.4. The molecule has 5 nitrogen and oxygen atoms in total. The zero-order valence-corrected chi connectivity index (χ0v) is 9.49. The van der Waals surface area contributed by atoms with Crippen LogP contribution in [0.2, 0.25) is 0 Å². The molecule has 1 fully saturated rings. The highest BCUT2D eigenvalue weighted by Gasteiger charge is 2.22. The molecule has 1 aliphatic heterocycles. The van der Waals surface area contributed by atoms with E-state index in [4.69, 9.17) is 5.11 Å². The van der Waals surface area contributed by atoms with Gasteiger partial charge < -0.3 is 15.7 Å². The lowest BCUT2D eigenvalue weighted by atomic mass is 10.1. The summed E-state index contributed by atoms with van der Waals surface area (Å²) in [5.74, 6) is -0.975. The molecule has 1 aromatic rings. The molecule has 0 aromatic heterocycles. The van der Waals surface area contributed by atoms with Gasteiger partial charge >= 0.3 is 5.97 Å². The smallest absolute Gasteiger partial charge is 0.337 e. The van der Waals surface area contributed by atoms with Crippen molar-refractivity contribution in [3.63, 3.8) is 0 Å². The predicted molar refractivity (Wildman–Crippen MR) is 63.2 cm³/mol. The molecule has 5 heteroatoms. The fourth-order valence-electron chi connectivity index (χ4n) is 1.89. The average molecular weight is 234 g/mol. The van der Waals surface area contributed by atoms with E-state index in [0.29, 0.717) is 18.7 Å². The minimum Gasteiger partial charge on any atom is -0.478 e. The van der Waals surface area contributed by atoms with Crippen molar-refractivity contribution < 1.29 is 14.7 Å². The molecule has 1 atom stereocenters. The topological polar surface area (TPSA) is 78.4 Å². The number of aromatic carboxylic acids is 1. The lowest BCUT2D eigenvalue weighted by molar-refractivity contribution is -0.119. The van der Waals surface area contributed by atoms with E-state index >= 15 is 0 Å². The average Bonchev–Trinajstić information content (AvgIpc) is 2.63. The van der Waals surface area contributed by atoms with Gasteiger partial charge in [0.2, 0.25) is 5.91 Å². The van der Waals surface area contributed by atoms with E-state index in [2.05, 4.69) is 10.6 Å². The van der Waals surface area contributed by atoms with Crippen molar-refractivity contribution in [3.05, 3.63) is 29.3 Å². The molecule has 1 aliphatic rings. The number of aryl methyl sites for hydroxylation is 1. The van der Waals surface area contributed by atoms with E-state index in [0.717, 1.165) is 5.56 Å². The number of hydrogen-bond acceptors (Lipinski definition) is 3. The fourth-order valence-corrected chi connectivity index (χ4v) is 1.89. The third-order valence-electron chi connectivity index (χ3n) is 2.74. The summed E-state index contributed by atoms with van der Waals surface area (Å²) < 4.78 is 0. The standard InChI is InChI=1S/C12H14N2O3/c1-7-2-3-9(12(16)17)10(4-7)14-8-5-11(15)13-6-8/h2-4,8,14H,5-6H2,1H3,(H,13,15)(H,16,17). The number of hydrogen-bond donors (Lipinski definition) is 3. The Labute approximate surface area is 98.8 Å². The van der Waals surface area contributed by atoms with Crippen LogP contribution in [-0.2, 0) is 4.79 Å². The summed E-state index contributed by atoms with van der Waals surface area (Å²) in [7, 11) is 0. The first-order valence-corrected chi connectivity index (χ1v) is 5.43. The van der Waals surface area contributed by atoms with E-state index in [1.807, 2.05) is 6.92 Å².